The van der Waals surface area contributed by atoms with E-state index in [2.05, 4.69) is 72.8 Å². The molecule has 0 aliphatic rings. The molecule has 0 aliphatic heterocycles. The van der Waals surface area contributed by atoms with Crippen molar-refractivity contribution in [1.29, 1.82) is 0 Å². The van der Waals surface area contributed by atoms with E-state index in [4.69, 9.17) is 5.73 Å². The largest absolute Gasteiger partial charge is 0.399 e. The lowest BCUT2D eigenvalue weighted by molar-refractivity contribution is 1.75. The van der Waals surface area contributed by atoms with Crippen molar-refractivity contribution in [2.24, 2.45) is 0 Å². The maximum atomic E-state index is 5.97. The minimum Gasteiger partial charge on any atom is -0.399 e. The van der Waals surface area contributed by atoms with Crippen molar-refractivity contribution in [1.82, 2.24) is 0 Å². The SMILES string of the molecule is Nc1ccc2cc3c4ccccc4c4ccccc4c3cc2c1. The fourth-order valence-electron chi connectivity index (χ4n) is 3.67. The van der Waals surface area contributed by atoms with Gasteiger partial charge in [0.05, 0.1) is 0 Å². The summed E-state index contributed by atoms with van der Waals surface area (Å²) in [6.45, 7) is 0. The van der Waals surface area contributed by atoms with Crippen LogP contribution in [-0.4, -0.2) is 0 Å². The van der Waals surface area contributed by atoms with Crippen molar-refractivity contribution < 1.29 is 0 Å². The van der Waals surface area contributed by atoms with Gasteiger partial charge in [-0.2, -0.15) is 0 Å². The van der Waals surface area contributed by atoms with Crippen LogP contribution in [0.5, 0.6) is 0 Å². The molecule has 108 valence electrons. The van der Waals surface area contributed by atoms with E-state index in [0.29, 0.717) is 0 Å². The molecular weight excluding hydrogens is 278 g/mol. The summed E-state index contributed by atoms with van der Waals surface area (Å²) in [5, 5.41) is 10.2. The molecule has 2 N–H and O–H groups in total. The second-order valence-corrected chi connectivity index (χ2v) is 6.10. The Morgan fingerprint density at radius 1 is 0.435 bits per heavy atom. The minimum absolute atomic E-state index is 0.807. The Kier molecular flexibility index (Phi) is 2.42. The van der Waals surface area contributed by atoms with Gasteiger partial charge < -0.3 is 5.73 Å². The molecule has 0 spiro atoms. The fraction of sp³-hybridized carbons (Fsp3) is 0. The van der Waals surface area contributed by atoms with Gasteiger partial charge in [0.25, 0.3) is 0 Å². The van der Waals surface area contributed by atoms with Gasteiger partial charge in [0, 0.05) is 5.69 Å². The molecule has 0 unspecified atom stereocenters. The second kappa shape index (κ2) is 4.47. The van der Waals surface area contributed by atoms with Gasteiger partial charge in [-0.05, 0) is 67.4 Å². The zero-order valence-corrected chi connectivity index (χ0v) is 12.6. The van der Waals surface area contributed by atoms with Crippen LogP contribution in [0.4, 0.5) is 5.69 Å². The molecule has 0 aliphatic carbocycles. The Bertz CT molecular complexity index is 1220. The van der Waals surface area contributed by atoms with E-state index < -0.39 is 0 Å². The molecular formula is C22H15N. The molecule has 0 saturated heterocycles. The average Bonchev–Trinajstić information content (AvgIpc) is 2.60. The summed E-state index contributed by atoms with van der Waals surface area (Å²) < 4.78 is 0. The van der Waals surface area contributed by atoms with Crippen LogP contribution in [0.15, 0.2) is 78.9 Å². The maximum Gasteiger partial charge on any atom is 0.0320 e. The van der Waals surface area contributed by atoms with E-state index >= 15 is 0 Å². The predicted octanol–water partition coefficient (Wildman–Crippen LogP) is 5.88. The van der Waals surface area contributed by atoms with Gasteiger partial charge in [0.2, 0.25) is 0 Å². The third kappa shape index (κ3) is 1.74. The Labute approximate surface area is 133 Å². The van der Waals surface area contributed by atoms with Crippen molar-refractivity contribution in [3.05, 3.63) is 78.9 Å². The molecule has 5 aromatic rings. The van der Waals surface area contributed by atoms with Crippen molar-refractivity contribution in [2.45, 2.75) is 0 Å². The van der Waals surface area contributed by atoms with Crippen LogP contribution >= 0.6 is 0 Å². The normalized spacial score (nSPS) is 11.7. The third-order valence-corrected chi connectivity index (χ3v) is 4.73. The second-order valence-electron chi connectivity index (χ2n) is 6.10. The van der Waals surface area contributed by atoms with Crippen molar-refractivity contribution in [3.63, 3.8) is 0 Å². The summed E-state index contributed by atoms with van der Waals surface area (Å²) in [4.78, 5) is 0. The van der Waals surface area contributed by atoms with Gasteiger partial charge in [0.1, 0.15) is 0 Å². The van der Waals surface area contributed by atoms with Gasteiger partial charge in [0.15, 0.2) is 0 Å². The zero-order chi connectivity index (χ0) is 15.4. The fourth-order valence-corrected chi connectivity index (χ4v) is 3.67. The summed E-state index contributed by atoms with van der Waals surface area (Å²) >= 11 is 0. The lowest BCUT2D eigenvalue weighted by Gasteiger charge is -2.11. The van der Waals surface area contributed by atoms with Crippen molar-refractivity contribution in [3.8, 4) is 0 Å². The van der Waals surface area contributed by atoms with E-state index in [1.807, 2.05) is 6.07 Å². The first-order valence-electron chi connectivity index (χ1n) is 7.84. The Balaban J connectivity index is 2.14. The highest BCUT2D eigenvalue weighted by Crippen LogP contribution is 2.37. The molecule has 0 bridgehead atoms. The number of hydrogen-bond donors (Lipinski definition) is 1. The smallest absolute Gasteiger partial charge is 0.0320 e. The van der Waals surface area contributed by atoms with E-state index in [1.165, 1.54) is 43.1 Å². The van der Waals surface area contributed by atoms with Gasteiger partial charge in [-0.1, -0.05) is 54.6 Å². The van der Waals surface area contributed by atoms with Gasteiger partial charge in [-0.25, -0.2) is 0 Å². The van der Waals surface area contributed by atoms with Gasteiger partial charge in [-0.3, -0.25) is 0 Å². The van der Waals surface area contributed by atoms with Gasteiger partial charge in [-0.15, -0.1) is 0 Å². The first kappa shape index (κ1) is 12.5. The molecule has 1 heteroatoms. The molecule has 0 saturated carbocycles. The molecule has 0 fully saturated rings. The summed E-state index contributed by atoms with van der Waals surface area (Å²) in [5.74, 6) is 0. The molecule has 0 radical (unpaired) electrons. The van der Waals surface area contributed by atoms with Crippen LogP contribution in [0, 0.1) is 0 Å². The van der Waals surface area contributed by atoms with E-state index in [0.717, 1.165) is 5.69 Å². The standard InChI is InChI=1S/C22H15N/c23-16-10-9-14-12-21-19-7-3-1-5-17(19)18-6-2-4-8-20(18)22(21)13-15(14)11-16/h1-13H,23H2. The highest BCUT2D eigenvalue weighted by atomic mass is 14.5. The van der Waals surface area contributed by atoms with E-state index in [9.17, 15) is 0 Å². The number of fused-ring (bicyclic) bond motifs is 7. The molecule has 1 nitrogen and oxygen atoms in total. The predicted molar refractivity (Wildman–Crippen MR) is 101 cm³/mol. The Morgan fingerprint density at radius 2 is 0.913 bits per heavy atom. The van der Waals surface area contributed by atoms with Crippen LogP contribution in [0.2, 0.25) is 0 Å². The minimum atomic E-state index is 0.807. The summed E-state index contributed by atoms with van der Waals surface area (Å²) in [5.41, 5.74) is 6.78. The lowest BCUT2D eigenvalue weighted by atomic mass is 9.92. The third-order valence-electron chi connectivity index (χ3n) is 4.73. The van der Waals surface area contributed by atoms with Crippen LogP contribution < -0.4 is 5.73 Å². The summed E-state index contributed by atoms with van der Waals surface area (Å²) in [6.07, 6.45) is 0. The maximum absolute atomic E-state index is 5.97. The quantitative estimate of drug-likeness (QED) is 0.215. The molecule has 5 aromatic carbocycles. The van der Waals surface area contributed by atoms with E-state index in [1.54, 1.807) is 0 Å². The molecule has 0 aromatic heterocycles. The van der Waals surface area contributed by atoms with Crippen molar-refractivity contribution in [2.75, 3.05) is 5.73 Å². The van der Waals surface area contributed by atoms with Crippen molar-refractivity contribution >= 4 is 48.8 Å². The Morgan fingerprint density at radius 3 is 1.48 bits per heavy atom. The van der Waals surface area contributed by atoms with Crippen LogP contribution in [0.25, 0.3) is 43.1 Å². The Hall–Kier alpha value is -3.06. The lowest BCUT2D eigenvalue weighted by Crippen LogP contribution is -1.86. The van der Waals surface area contributed by atoms with E-state index in [-0.39, 0.29) is 0 Å². The summed E-state index contributed by atoms with van der Waals surface area (Å²) in [6, 6.07) is 28.0. The van der Waals surface area contributed by atoms with Crippen LogP contribution in [-0.2, 0) is 0 Å². The number of benzene rings is 5. The molecule has 0 amide bonds. The van der Waals surface area contributed by atoms with Gasteiger partial charge >= 0.3 is 0 Å². The highest BCUT2D eigenvalue weighted by Gasteiger charge is 2.09. The first-order valence-corrected chi connectivity index (χ1v) is 7.84. The van der Waals surface area contributed by atoms with Crippen LogP contribution in [0.1, 0.15) is 0 Å². The number of hydrogen-bond acceptors (Lipinski definition) is 1. The number of anilines is 1. The zero-order valence-electron chi connectivity index (χ0n) is 12.6. The van der Waals surface area contributed by atoms with Crippen LogP contribution in [0.3, 0.4) is 0 Å². The topological polar surface area (TPSA) is 26.0 Å². The molecule has 0 heterocycles. The molecule has 0 atom stereocenters. The average molecular weight is 293 g/mol. The molecule has 5 rings (SSSR count). The number of rotatable bonds is 0. The number of nitrogen functional groups attached to an aromatic ring is 1. The highest BCUT2D eigenvalue weighted by molar-refractivity contribution is 6.27. The monoisotopic (exact) mass is 293 g/mol. The molecule has 23 heavy (non-hydrogen) atoms. The first-order chi connectivity index (χ1) is 11.3. The summed E-state index contributed by atoms with van der Waals surface area (Å²) in [7, 11) is 0. The number of nitrogens with two attached hydrogens (primary N) is 1.